The minimum absolute atomic E-state index is 0. The average Bonchev–Trinajstić information content (AvgIpc) is 3.79. The SMILES string of the molecule is C.C.CC(c1ccc(C(F)(F)C(F)(F)F)nc1)S(C)(=O)=NC#N.CCO/C=C/C(=O)C(F)(F)C(F)(F)F.CCOCC.CSC(C)/C=C/N1CCCC1.CSC(C)c1ccc(C(F)(F)C(F)(F)F)nc1. The van der Waals surface area contributed by atoms with E-state index >= 15 is 0 Å². The first kappa shape index (κ1) is 72.6. The van der Waals surface area contributed by atoms with Crippen LogP contribution in [0.4, 0.5) is 65.9 Å². The van der Waals surface area contributed by atoms with E-state index in [1.807, 2.05) is 38.8 Å². The minimum Gasteiger partial charge on any atom is -0.501 e. The lowest BCUT2D eigenvalue weighted by Crippen LogP contribution is -2.43. The Kier molecular flexibility index (Phi) is 34.2. The highest BCUT2D eigenvalue weighted by atomic mass is 32.2. The zero-order valence-corrected chi connectivity index (χ0v) is 40.7. The molecule has 0 aromatic carbocycles. The molecule has 3 rings (SSSR count). The van der Waals surface area contributed by atoms with E-state index in [2.05, 4.69) is 49.4 Å². The van der Waals surface area contributed by atoms with Crippen LogP contribution < -0.4 is 0 Å². The molecule has 2 aromatic rings. The summed E-state index contributed by atoms with van der Waals surface area (Å²) in [6.07, 6.45) is -1.06. The van der Waals surface area contributed by atoms with Crippen LogP contribution in [0.25, 0.3) is 0 Å². The van der Waals surface area contributed by atoms with Gasteiger partial charge in [-0.2, -0.15) is 94.6 Å². The summed E-state index contributed by atoms with van der Waals surface area (Å²) < 4.78 is 208. The Hall–Kier alpha value is -3.90. The third-order valence-corrected chi connectivity index (χ3v) is 12.6. The van der Waals surface area contributed by atoms with Crippen molar-refractivity contribution in [3.63, 3.8) is 0 Å². The number of alkyl halides is 15. The zero-order chi connectivity index (χ0) is 53.4. The van der Waals surface area contributed by atoms with Crippen LogP contribution in [-0.2, 0) is 35.8 Å². The van der Waals surface area contributed by atoms with Gasteiger partial charge >= 0.3 is 36.3 Å². The first-order chi connectivity index (χ1) is 31.1. The van der Waals surface area contributed by atoms with Crippen LogP contribution in [0.15, 0.2) is 65.6 Å². The predicted octanol–water partition coefficient (Wildman–Crippen LogP) is 14.5. The summed E-state index contributed by atoms with van der Waals surface area (Å²) in [6.45, 7) is 15.2. The van der Waals surface area contributed by atoms with Crippen molar-refractivity contribution < 1.29 is 84.3 Å². The van der Waals surface area contributed by atoms with Gasteiger partial charge in [-0.3, -0.25) is 14.8 Å². The second-order valence-corrected chi connectivity index (χ2v) is 18.7. The Labute approximate surface area is 409 Å². The molecule has 9 nitrogen and oxygen atoms in total. The van der Waals surface area contributed by atoms with Gasteiger partial charge in [-0.15, -0.1) is 4.36 Å². The van der Waals surface area contributed by atoms with E-state index in [1.54, 1.807) is 0 Å². The lowest BCUT2D eigenvalue weighted by atomic mass is 10.1. The number of hydrogen-bond acceptors (Lipinski definition) is 11. The summed E-state index contributed by atoms with van der Waals surface area (Å²) >= 11 is 3.34. The maximum Gasteiger partial charge on any atom is 0.461 e. The van der Waals surface area contributed by atoms with Gasteiger partial charge in [0.15, 0.2) is 0 Å². The summed E-state index contributed by atoms with van der Waals surface area (Å²) in [5, 5.41) is 8.21. The molecule has 1 aliphatic rings. The van der Waals surface area contributed by atoms with E-state index in [0.29, 0.717) is 23.1 Å². The molecular weight excluding hydrogens is 1030 g/mol. The molecule has 1 fully saturated rings. The van der Waals surface area contributed by atoms with Crippen molar-refractivity contribution in [2.24, 2.45) is 4.36 Å². The largest absolute Gasteiger partial charge is 0.501 e. The number of nitriles is 1. The number of nitrogens with zero attached hydrogens (tertiary/aromatic N) is 5. The summed E-state index contributed by atoms with van der Waals surface area (Å²) in [5.74, 6) is -17.7. The molecule has 0 N–H and O–H groups in total. The maximum absolute atomic E-state index is 13.0. The molecule has 4 atom stereocenters. The standard InChI is InChI=1S/C11H10F5N3OS.C10H10F5NS.C9H17NS.C7H7F5O2.C4H10O.2CH4/c1-7(21(2,20)19-6-17)8-3-4-9(18-5-8)10(12,13)11(14,15)16;1-6(17-2)7-3-4-8(16-5-7)9(11,12)10(13,14)15;1-9(11-2)5-8-10-6-3-4-7-10;1-2-14-4-3-5(13)6(8,9)7(10,11)12;1-3-5-4-2;;/h3-5,7H,1-2H3;3-6H,1-2H3;5,8-9H,3-4,6-7H2,1-2H3;3-4H,2H2,1H3;3-4H2,1-2H3;2*1H4/b;;8-5+;4-3+;;;. The summed E-state index contributed by atoms with van der Waals surface area (Å²) in [5.41, 5.74) is -1.98. The number of aromatic nitrogens is 2. The topological polar surface area (TPSA) is 118 Å². The van der Waals surface area contributed by atoms with Gasteiger partial charge in [0.2, 0.25) is 12.0 Å². The van der Waals surface area contributed by atoms with Crippen LogP contribution in [-0.4, -0.2) is 106 Å². The molecule has 1 aliphatic heterocycles. The third kappa shape index (κ3) is 24.5. The van der Waals surface area contributed by atoms with Crippen molar-refractivity contribution in [2.75, 3.05) is 51.7 Å². The van der Waals surface area contributed by atoms with Gasteiger partial charge in [0, 0.05) is 61.5 Å². The molecule has 0 aliphatic carbocycles. The number of ketones is 1. The van der Waals surface area contributed by atoms with Crippen molar-refractivity contribution in [2.45, 2.75) is 121 Å². The van der Waals surface area contributed by atoms with Crippen molar-refractivity contribution in [3.8, 4) is 6.19 Å². The Morgan fingerprint density at radius 1 is 0.771 bits per heavy atom. The summed E-state index contributed by atoms with van der Waals surface area (Å²) in [7, 11) is -2.98. The van der Waals surface area contributed by atoms with Crippen molar-refractivity contribution >= 4 is 39.0 Å². The normalized spacial score (nSPS) is 15.2. The highest BCUT2D eigenvalue weighted by Gasteiger charge is 2.62. The van der Waals surface area contributed by atoms with Crippen LogP contribution in [0.1, 0.15) is 102 Å². The monoisotopic (exact) mass is 1090 g/mol. The molecule has 3 heterocycles. The molecule has 1 saturated heterocycles. The first-order valence-electron chi connectivity index (χ1n) is 19.8. The van der Waals surface area contributed by atoms with Gasteiger partial charge < -0.3 is 14.4 Å². The third-order valence-electron chi connectivity index (χ3n) is 8.74. The zero-order valence-electron chi connectivity index (χ0n) is 38.2. The van der Waals surface area contributed by atoms with Crippen molar-refractivity contribution in [3.05, 3.63) is 83.8 Å². The van der Waals surface area contributed by atoms with Crippen LogP contribution in [0.3, 0.4) is 0 Å². The van der Waals surface area contributed by atoms with E-state index in [4.69, 9.17) is 10.00 Å². The fourth-order valence-corrected chi connectivity index (χ4v) is 5.97. The quantitative estimate of drug-likeness (QED) is 0.0738. The van der Waals surface area contributed by atoms with E-state index in [-0.39, 0.29) is 38.3 Å². The number of thioether (sulfide) groups is 2. The molecule has 2 aromatic heterocycles. The maximum atomic E-state index is 13.0. The number of halogens is 15. The number of pyridine rings is 2. The smallest absolute Gasteiger partial charge is 0.461 e. The lowest BCUT2D eigenvalue weighted by Gasteiger charge is -2.19. The van der Waals surface area contributed by atoms with E-state index in [1.165, 1.54) is 70.1 Å². The highest BCUT2D eigenvalue weighted by molar-refractivity contribution is 7.99. The Morgan fingerprint density at radius 2 is 1.21 bits per heavy atom. The van der Waals surface area contributed by atoms with Gasteiger partial charge in [0.05, 0.1) is 27.8 Å². The summed E-state index contributed by atoms with van der Waals surface area (Å²) in [4.78, 5) is 19.1. The Balaban J connectivity index is -0.000000406. The predicted molar refractivity (Wildman–Crippen MR) is 246 cm³/mol. The molecule has 0 bridgehead atoms. The molecule has 0 saturated carbocycles. The fraction of sp³-hybridized carbons (Fsp3) is 0.628. The van der Waals surface area contributed by atoms with Crippen LogP contribution in [0.2, 0.25) is 0 Å². The molecule has 70 heavy (non-hydrogen) atoms. The second kappa shape index (κ2) is 32.9. The molecule has 27 heteroatoms. The van der Waals surface area contributed by atoms with Crippen LogP contribution >= 0.6 is 23.5 Å². The van der Waals surface area contributed by atoms with Gasteiger partial charge in [0.25, 0.3) is 0 Å². The van der Waals surface area contributed by atoms with Crippen molar-refractivity contribution in [1.29, 1.82) is 5.26 Å². The molecular formula is C43H62F15N5O4S3. The first-order valence-corrected chi connectivity index (χ1v) is 24.4. The molecule has 4 unspecified atom stereocenters. The van der Waals surface area contributed by atoms with E-state index in [0.717, 1.165) is 37.7 Å². The number of allylic oxidation sites excluding steroid dienone is 1. The Bertz CT molecular complexity index is 1980. The number of rotatable bonds is 15. The van der Waals surface area contributed by atoms with Crippen LogP contribution in [0, 0.1) is 11.5 Å². The number of hydrogen-bond donors (Lipinski definition) is 0. The van der Waals surface area contributed by atoms with Gasteiger partial charge in [0.1, 0.15) is 11.4 Å². The molecule has 0 amide bonds. The second-order valence-electron chi connectivity index (χ2n) is 13.7. The molecule has 0 radical (unpaired) electrons. The van der Waals surface area contributed by atoms with Crippen LogP contribution in [0.5, 0.6) is 0 Å². The average molecular weight is 1090 g/mol. The molecule has 406 valence electrons. The number of likely N-dealkylation sites (tertiary alicyclic amines) is 1. The summed E-state index contributed by atoms with van der Waals surface area (Å²) in [6, 6.07) is 3.43. The van der Waals surface area contributed by atoms with Gasteiger partial charge in [-0.05, 0) is 96.4 Å². The van der Waals surface area contributed by atoms with E-state index < -0.39 is 68.4 Å². The highest BCUT2D eigenvalue weighted by Crippen LogP contribution is 2.44. The fourth-order valence-electron chi connectivity index (χ4n) is 4.37. The lowest BCUT2D eigenvalue weighted by molar-refractivity contribution is -0.291. The minimum atomic E-state index is -5.87. The number of carbonyl (C=O) groups is 1. The number of carbonyl (C=O) groups excluding carboxylic acids is 1. The van der Waals surface area contributed by atoms with E-state index in [9.17, 15) is 74.9 Å². The van der Waals surface area contributed by atoms with Gasteiger partial charge in [-0.1, -0.05) is 33.1 Å². The number of ether oxygens (including phenoxy) is 2. The Morgan fingerprint density at radius 3 is 1.53 bits per heavy atom. The van der Waals surface area contributed by atoms with Crippen molar-refractivity contribution in [1.82, 2.24) is 14.9 Å². The molecule has 0 spiro atoms. The van der Waals surface area contributed by atoms with Gasteiger partial charge in [-0.25, -0.2) is 4.21 Å².